The highest BCUT2D eigenvalue weighted by molar-refractivity contribution is 4.63. The average Bonchev–Trinajstić information content (AvgIpc) is 2.21. The molecule has 62 valence electrons. The van der Waals surface area contributed by atoms with E-state index < -0.39 is 6.17 Å². The van der Waals surface area contributed by atoms with Gasteiger partial charge in [0.1, 0.15) is 6.17 Å². The molecule has 1 aliphatic rings. The van der Waals surface area contributed by atoms with Crippen LogP contribution in [0.2, 0.25) is 0 Å². The normalized spacial score (nSPS) is 26.1. The van der Waals surface area contributed by atoms with E-state index in [0.717, 1.165) is 25.9 Å². The van der Waals surface area contributed by atoms with Crippen LogP contribution in [0.1, 0.15) is 33.1 Å². The number of nitrogens with one attached hydrogen (secondary N) is 1. The molecule has 1 atom stereocenters. The predicted molar refractivity (Wildman–Crippen MR) is 43.0 cm³/mol. The van der Waals surface area contributed by atoms with Crippen LogP contribution in [0.3, 0.4) is 0 Å². The summed E-state index contributed by atoms with van der Waals surface area (Å²) in [6, 6.07) is 0. The van der Waals surface area contributed by atoms with Crippen molar-refractivity contribution in [2.24, 2.45) is 0 Å². The van der Waals surface area contributed by atoms with Gasteiger partial charge in [-0.25, -0.2) is 4.39 Å². The van der Waals surface area contributed by atoms with Crippen molar-refractivity contribution in [2.45, 2.75) is 39.3 Å². The lowest BCUT2D eigenvalue weighted by molar-refractivity contribution is 0.307. The molecule has 1 rings (SSSR count). The average molecular weight is 147 g/mol. The topological polar surface area (TPSA) is 12.0 Å². The van der Waals surface area contributed by atoms with Gasteiger partial charge < -0.3 is 5.32 Å². The summed E-state index contributed by atoms with van der Waals surface area (Å²) in [5, 5.41) is 3.14. The fraction of sp³-hybridized carbons (Fsp3) is 1.00. The third-order valence-corrected chi connectivity index (χ3v) is 1.51. The van der Waals surface area contributed by atoms with Gasteiger partial charge in [0.15, 0.2) is 0 Å². The van der Waals surface area contributed by atoms with E-state index in [-0.39, 0.29) is 0 Å². The van der Waals surface area contributed by atoms with Gasteiger partial charge in [0.2, 0.25) is 0 Å². The summed E-state index contributed by atoms with van der Waals surface area (Å²) in [6.45, 7) is 5.86. The van der Waals surface area contributed by atoms with Gasteiger partial charge >= 0.3 is 0 Å². The Hall–Kier alpha value is -0.110. The molecule has 1 unspecified atom stereocenters. The van der Waals surface area contributed by atoms with Gasteiger partial charge in [-0.15, -0.1) is 0 Å². The van der Waals surface area contributed by atoms with Crippen molar-refractivity contribution in [1.29, 1.82) is 0 Å². The Morgan fingerprint density at radius 1 is 1.20 bits per heavy atom. The second-order valence-electron chi connectivity index (χ2n) is 2.28. The summed E-state index contributed by atoms with van der Waals surface area (Å²) >= 11 is 0. The lowest BCUT2D eigenvalue weighted by atomic mass is 10.2. The molecule has 0 spiro atoms. The molecule has 0 aromatic rings. The molecule has 0 aromatic heterocycles. The Morgan fingerprint density at radius 2 is 1.90 bits per heavy atom. The van der Waals surface area contributed by atoms with Crippen molar-refractivity contribution in [2.75, 3.05) is 13.1 Å². The van der Waals surface area contributed by atoms with Gasteiger partial charge in [-0.3, -0.25) is 0 Å². The van der Waals surface area contributed by atoms with Crippen LogP contribution in [0.4, 0.5) is 4.39 Å². The molecule has 10 heavy (non-hydrogen) atoms. The molecule has 0 aliphatic carbocycles. The molecule has 0 radical (unpaired) electrons. The quantitative estimate of drug-likeness (QED) is 0.553. The molecule has 0 bridgehead atoms. The molecule has 1 fully saturated rings. The van der Waals surface area contributed by atoms with E-state index in [2.05, 4.69) is 5.32 Å². The summed E-state index contributed by atoms with van der Waals surface area (Å²) in [5.74, 6) is 0. The lowest BCUT2D eigenvalue weighted by Crippen LogP contribution is -2.14. The number of halogens is 1. The largest absolute Gasteiger partial charge is 0.317 e. The van der Waals surface area contributed by atoms with Gasteiger partial charge in [-0.1, -0.05) is 13.8 Å². The molecular weight excluding hydrogens is 129 g/mol. The number of alkyl halides is 1. The van der Waals surface area contributed by atoms with Crippen molar-refractivity contribution in [3.63, 3.8) is 0 Å². The molecule has 1 N–H and O–H groups in total. The maximum atomic E-state index is 12.4. The van der Waals surface area contributed by atoms with Gasteiger partial charge in [-0.05, 0) is 32.4 Å². The van der Waals surface area contributed by atoms with Crippen molar-refractivity contribution < 1.29 is 4.39 Å². The van der Waals surface area contributed by atoms with Crippen molar-refractivity contribution in [3.8, 4) is 0 Å². The zero-order chi connectivity index (χ0) is 7.82. The van der Waals surface area contributed by atoms with E-state index in [1.807, 2.05) is 13.8 Å². The van der Waals surface area contributed by atoms with Crippen molar-refractivity contribution >= 4 is 0 Å². The fourth-order valence-electron chi connectivity index (χ4n) is 0.977. The Kier molecular flexibility index (Phi) is 6.93. The highest BCUT2D eigenvalue weighted by Gasteiger charge is 2.08. The standard InChI is InChI=1S/C6H12FN.C2H6/c7-6-2-1-4-8-5-3-6;1-2/h6,8H,1-5H2;1-2H3. The Labute approximate surface area is 63.0 Å². The van der Waals surface area contributed by atoms with E-state index in [4.69, 9.17) is 0 Å². The maximum Gasteiger partial charge on any atom is 0.101 e. The molecule has 0 aromatic carbocycles. The maximum absolute atomic E-state index is 12.4. The first kappa shape index (κ1) is 9.89. The second-order valence-corrected chi connectivity index (χ2v) is 2.28. The minimum Gasteiger partial charge on any atom is -0.317 e. The number of hydrogen-bond donors (Lipinski definition) is 1. The highest BCUT2D eigenvalue weighted by Crippen LogP contribution is 2.07. The van der Waals surface area contributed by atoms with Crippen LogP contribution in [0.25, 0.3) is 0 Å². The fourth-order valence-corrected chi connectivity index (χ4v) is 0.977. The molecule has 1 nitrogen and oxygen atoms in total. The van der Waals surface area contributed by atoms with E-state index in [0.29, 0.717) is 6.42 Å². The molecule has 0 saturated carbocycles. The molecule has 0 amide bonds. The SMILES string of the molecule is CC.FC1CCCNCC1. The van der Waals surface area contributed by atoms with E-state index in [9.17, 15) is 4.39 Å². The monoisotopic (exact) mass is 147 g/mol. The summed E-state index contributed by atoms with van der Waals surface area (Å²) in [6.07, 6.45) is 1.93. The molecule has 1 heterocycles. The molecule has 2 heteroatoms. The van der Waals surface area contributed by atoms with Gasteiger partial charge in [0, 0.05) is 0 Å². The van der Waals surface area contributed by atoms with Gasteiger partial charge in [-0.2, -0.15) is 0 Å². The number of hydrogen-bond acceptors (Lipinski definition) is 1. The smallest absolute Gasteiger partial charge is 0.101 e. The Balaban J connectivity index is 0.000000371. The molecular formula is C8H18FN. The minimum atomic E-state index is -0.537. The minimum absolute atomic E-state index is 0.537. The van der Waals surface area contributed by atoms with Crippen LogP contribution in [-0.4, -0.2) is 19.3 Å². The summed E-state index contributed by atoms with van der Waals surface area (Å²) in [5.41, 5.74) is 0. The summed E-state index contributed by atoms with van der Waals surface area (Å²) in [7, 11) is 0. The lowest BCUT2D eigenvalue weighted by Gasteiger charge is -1.98. The van der Waals surface area contributed by atoms with Crippen LogP contribution in [0.15, 0.2) is 0 Å². The zero-order valence-corrected chi connectivity index (χ0v) is 6.99. The Morgan fingerprint density at radius 3 is 2.60 bits per heavy atom. The first-order valence-corrected chi connectivity index (χ1v) is 4.24. The summed E-state index contributed by atoms with van der Waals surface area (Å²) < 4.78 is 12.4. The van der Waals surface area contributed by atoms with Crippen LogP contribution in [0.5, 0.6) is 0 Å². The second kappa shape index (κ2) is 7.00. The molecule has 1 saturated heterocycles. The van der Waals surface area contributed by atoms with E-state index in [1.165, 1.54) is 0 Å². The van der Waals surface area contributed by atoms with Gasteiger partial charge in [0.25, 0.3) is 0 Å². The van der Waals surface area contributed by atoms with E-state index in [1.54, 1.807) is 0 Å². The van der Waals surface area contributed by atoms with Crippen LogP contribution >= 0.6 is 0 Å². The van der Waals surface area contributed by atoms with Gasteiger partial charge in [0.05, 0.1) is 0 Å². The Bertz CT molecular complexity index is 58.3. The molecule has 1 aliphatic heterocycles. The van der Waals surface area contributed by atoms with E-state index >= 15 is 0 Å². The summed E-state index contributed by atoms with van der Waals surface area (Å²) in [4.78, 5) is 0. The highest BCUT2D eigenvalue weighted by atomic mass is 19.1. The van der Waals surface area contributed by atoms with Crippen LogP contribution in [-0.2, 0) is 0 Å². The van der Waals surface area contributed by atoms with Crippen molar-refractivity contribution in [3.05, 3.63) is 0 Å². The third-order valence-electron chi connectivity index (χ3n) is 1.51. The van der Waals surface area contributed by atoms with Crippen LogP contribution < -0.4 is 5.32 Å². The first-order chi connectivity index (χ1) is 4.89. The van der Waals surface area contributed by atoms with Crippen LogP contribution in [0, 0.1) is 0 Å². The third kappa shape index (κ3) is 4.74. The first-order valence-electron chi connectivity index (χ1n) is 4.24. The number of rotatable bonds is 0. The van der Waals surface area contributed by atoms with Crippen molar-refractivity contribution in [1.82, 2.24) is 5.32 Å². The predicted octanol–water partition coefficient (Wildman–Crippen LogP) is 2.12. The zero-order valence-electron chi connectivity index (χ0n) is 6.99.